The summed E-state index contributed by atoms with van der Waals surface area (Å²) in [7, 11) is 0. The van der Waals surface area contributed by atoms with E-state index in [0.717, 1.165) is 42.7 Å². The van der Waals surface area contributed by atoms with Crippen molar-refractivity contribution < 1.29 is 18.7 Å². The zero-order valence-electron chi connectivity index (χ0n) is 21.6. The minimum Gasteiger partial charge on any atom is -0.481 e. The van der Waals surface area contributed by atoms with E-state index < -0.39 is 12.1 Å². The maximum Gasteiger partial charge on any atom is 0.260 e. The van der Waals surface area contributed by atoms with Gasteiger partial charge in [-0.2, -0.15) is 0 Å². The number of hydrogen-bond acceptors (Lipinski definition) is 4. The molecule has 36 heavy (non-hydrogen) atoms. The van der Waals surface area contributed by atoms with Gasteiger partial charge in [-0.15, -0.1) is 0 Å². The van der Waals surface area contributed by atoms with Gasteiger partial charge in [-0.05, 0) is 86.1 Å². The van der Waals surface area contributed by atoms with Crippen LogP contribution in [0.25, 0.3) is 0 Å². The fraction of sp³-hybridized carbons (Fsp3) is 0.517. The largest absolute Gasteiger partial charge is 0.481 e. The smallest absolute Gasteiger partial charge is 0.260 e. The Morgan fingerprint density at radius 1 is 1.08 bits per heavy atom. The molecule has 2 aromatic rings. The van der Waals surface area contributed by atoms with E-state index in [1.54, 1.807) is 13.0 Å². The van der Waals surface area contributed by atoms with E-state index in [0.29, 0.717) is 25.3 Å². The predicted octanol–water partition coefficient (Wildman–Crippen LogP) is 4.33. The van der Waals surface area contributed by atoms with E-state index in [1.165, 1.54) is 25.0 Å². The molecular weight excluding hydrogens is 457 g/mol. The van der Waals surface area contributed by atoms with Gasteiger partial charge >= 0.3 is 0 Å². The maximum atomic E-state index is 14.2. The lowest BCUT2D eigenvalue weighted by atomic mass is 9.87. The van der Waals surface area contributed by atoms with Crippen LogP contribution in [0.5, 0.6) is 5.75 Å². The number of nitrogens with zero attached hydrogens (tertiary/aromatic N) is 2. The van der Waals surface area contributed by atoms with Gasteiger partial charge in [0.1, 0.15) is 11.6 Å². The number of hydrogen-bond donors (Lipinski definition) is 1. The highest BCUT2D eigenvalue weighted by atomic mass is 19.1. The van der Waals surface area contributed by atoms with Crippen molar-refractivity contribution >= 4 is 11.8 Å². The quantitative estimate of drug-likeness (QED) is 0.563. The van der Waals surface area contributed by atoms with Crippen LogP contribution in [0.15, 0.2) is 42.5 Å². The maximum absolute atomic E-state index is 14.2. The Morgan fingerprint density at radius 2 is 1.86 bits per heavy atom. The fourth-order valence-corrected chi connectivity index (χ4v) is 5.18. The molecule has 4 rings (SSSR count). The highest BCUT2D eigenvalue weighted by Gasteiger charge is 2.33. The zero-order chi connectivity index (χ0) is 25.7. The third kappa shape index (κ3) is 6.44. The Bertz CT molecular complexity index is 1070. The van der Waals surface area contributed by atoms with Crippen LogP contribution in [0.4, 0.5) is 4.39 Å². The van der Waals surface area contributed by atoms with Crippen LogP contribution in [-0.2, 0) is 16.0 Å². The van der Waals surface area contributed by atoms with E-state index >= 15 is 0 Å². The van der Waals surface area contributed by atoms with Crippen molar-refractivity contribution in [1.82, 2.24) is 15.1 Å². The Hall–Kier alpha value is -2.93. The summed E-state index contributed by atoms with van der Waals surface area (Å²) in [5.74, 6) is 0.369. The monoisotopic (exact) mass is 495 g/mol. The molecule has 194 valence electrons. The Kier molecular flexibility index (Phi) is 8.62. The van der Waals surface area contributed by atoms with Gasteiger partial charge in [0.05, 0.1) is 6.04 Å². The molecule has 0 bridgehead atoms. The second-order valence-corrected chi connectivity index (χ2v) is 10.4. The number of amides is 2. The van der Waals surface area contributed by atoms with Gasteiger partial charge in [0.15, 0.2) is 6.10 Å². The van der Waals surface area contributed by atoms with Crippen LogP contribution >= 0.6 is 0 Å². The Morgan fingerprint density at radius 3 is 2.58 bits per heavy atom. The van der Waals surface area contributed by atoms with Crippen molar-refractivity contribution in [2.45, 2.75) is 58.6 Å². The molecule has 2 aliphatic heterocycles. The average Bonchev–Trinajstić information content (AvgIpc) is 3.36. The molecule has 2 heterocycles. The second kappa shape index (κ2) is 11.9. The zero-order valence-corrected chi connectivity index (χ0v) is 21.6. The predicted molar refractivity (Wildman–Crippen MR) is 138 cm³/mol. The van der Waals surface area contributed by atoms with Gasteiger partial charge in [-0.25, -0.2) is 4.39 Å². The number of carbonyl (C=O) groups excluding carboxylic acids is 2. The Labute approximate surface area is 213 Å². The lowest BCUT2D eigenvalue weighted by Crippen LogP contribution is -2.41. The number of nitrogens with one attached hydrogen (secondary N) is 1. The molecule has 1 fully saturated rings. The molecular formula is C29H38FN3O3. The first-order chi connectivity index (χ1) is 17.3. The van der Waals surface area contributed by atoms with Gasteiger partial charge in [-0.1, -0.05) is 32.0 Å². The van der Waals surface area contributed by atoms with Crippen molar-refractivity contribution in [2.75, 3.05) is 32.7 Å². The van der Waals surface area contributed by atoms with Gasteiger partial charge in [0.25, 0.3) is 5.91 Å². The topological polar surface area (TPSA) is 61.9 Å². The van der Waals surface area contributed by atoms with E-state index in [4.69, 9.17) is 4.74 Å². The third-order valence-electron chi connectivity index (χ3n) is 7.02. The summed E-state index contributed by atoms with van der Waals surface area (Å²) in [6.45, 7) is 10.0. The number of likely N-dealkylation sites (tertiary alicyclic amines) is 1. The molecule has 1 saturated heterocycles. The summed E-state index contributed by atoms with van der Waals surface area (Å²) in [6.07, 6.45) is 2.95. The van der Waals surface area contributed by atoms with Crippen molar-refractivity contribution in [3.8, 4) is 5.75 Å². The summed E-state index contributed by atoms with van der Waals surface area (Å²) in [5, 5.41) is 2.97. The lowest BCUT2D eigenvalue weighted by molar-refractivity contribution is -0.134. The molecule has 2 aromatic carbocycles. The number of fused-ring (bicyclic) bond motifs is 1. The van der Waals surface area contributed by atoms with Crippen LogP contribution in [0, 0.1) is 11.7 Å². The highest BCUT2D eigenvalue weighted by Crippen LogP contribution is 2.38. The standard InChI is InChI=1S/C29H38FN3O3/c1-20(2)17-27(34)33-15-11-22-9-10-25(19-26(22)28(33)23-7-6-8-24(30)18-23)36-21(3)29(35)31-12-16-32-13-4-5-14-32/h6-10,18-21,28H,4-5,11-17H2,1-3H3,(H,31,35). The van der Waals surface area contributed by atoms with Crippen LogP contribution < -0.4 is 10.1 Å². The first-order valence-electron chi connectivity index (χ1n) is 13.2. The minimum absolute atomic E-state index is 0.0574. The first-order valence-corrected chi connectivity index (χ1v) is 13.2. The molecule has 2 atom stereocenters. The van der Waals surface area contributed by atoms with E-state index in [-0.39, 0.29) is 23.5 Å². The van der Waals surface area contributed by atoms with E-state index in [2.05, 4.69) is 10.2 Å². The Balaban J connectivity index is 1.51. The molecule has 1 N–H and O–H groups in total. The first kappa shape index (κ1) is 26.1. The number of halogens is 1. The number of ether oxygens (including phenoxy) is 1. The van der Waals surface area contributed by atoms with Gasteiger partial charge < -0.3 is 19.9 Å². The van der Waals surface area contributed by atoms with Gasteiger partial charge in [0.2, 0.25) is 5.91 Å². The number of carbonyl (C=O) groups is 2. The number of benzene rings is 2. The SMILES string of the molecule is CC(C)CC(=O)N1CCc2ccc(OC(C)C(=O)NCCN3CCCC3)cc2C1c1cccc(F)c1. The van der Waals surface area contributed by atoms with Crippen LogP contribution in [0.1, 0.15) is 62.8 Å². The molecule has 6 nitrogen and oxygen atoms in total. The number of rotatable bonds is 9. The molecule has 2 aliphatic rings. The molecule has 0 aliphatic carbocycles. The molecule has 0 saturated carbocycles. The summed E-state index contributed by atoms with van der Waals surface area (Å²) in [5.41, 5.74) is 2.76. The molecule has 7 heteroatoms. The molecule has 2 amide bonds. The minimum atomic E-state index is -0.656. The highest BCUT2D eigenvalue weighted by molar-refractivity contribution is 5.80. The molecule has 0 spiro atoms. The van der Waals surface area contributed by atoms with E-state index in [1.807, 2.05) is 43.0 Å². The van der Waals surface area contributed by atoms with Crippen LogP contribution in [0.2, 0.25) is 0 Å². The van der Waals surface area contributed by atoms with Crippen molar-refractivity contribution in [3.63, 3.8) is 0 Å². The molecule has 0 radical (unpaired) electrons. The lowest BCUT2D eigenvalue weighted by Gasteiger charge is -2.38. The van der Waals surface area contributed by atoms with Crippen molar-refractivity contribution in [1.29, 1.82) is 0 Å². The third-order valence-corrected chi connectivity index (χ3v) is 7.02. The second-order valence-electron chi connectivity index (χ2n) is 10.4. The fourth-order valence-electron chi connectivity index (χ4n) is 5.18. The summed E-state index contributed by atoms with van der Waals surface area (Å²) < 4.78 is 20.2. The molecule has 2 unspecified atom stereocenters. The van der Waals surface area contributed by atoms with E-state index in [9.17, 15) is 14.0 Å². The summed E-state index contributed by atoms with van der Waals surface area (Å²) in [6, 6.07) is 11.8. The van der Waals surface area contributed by atoms with Gasteiger partial charge in [0, 0.05) is 26.1 Å². The van der Waals surface area contributed by atoms with Crippen molar-refractivity contribution in [3.05, 3.63) is 65.0 Å². The summed E-state index contributed by atoms with van der Waals surface area (Å²) >= 11 is 0. The van der Waals surface area contributed by atoms with Crippen LogP contribution in [-0.4, -0.2) is 60.4 Å². The van der Waals surface area contributed by atoms with Gasteiger partial charge in [-0.3, -0.25) is 9.59 Å². The van der Waals surface area contributed by atoms with Crippen LogP contribution in [0.3, 0.4) is 0 Å². The summed E-state index contributed by atoms with van der Waals surface area (Å²) in [4.78, 5) is 30.0. The normalized spacial score (nSPS) is 18.7. The average molecular weight is 496 g/mol. The van der Waals surface area contributed by atoms with Crippen molar-refractivity contribution in [2.24, 2.45) is 5.92 Å². The molecule has 0 aromatic heterocycles.